The van der Waals surface area contributed by atoms with E-state index in [-0.39, 0.29) is 35.5 Å². The molecule has 1 aliphatic carbocycles. The summed E-state index contributed by atoms with van der Waals surface area (Å²) in [6.07, 6.45) is 1.87. The molecule has 0 spiro atoms. The molecule has 1 saturated carbocycles. The SMILES string of the molecule is O=C(NCCNC(=O)C1CC1)c1cc([N+](=O)[O-])ccc1I. The van der Waals surface area contributed by atoms with Crippen LogP contribution in [0.15, 0.2) is 18.2 Å². The van der Waals surface area contributed by atoms with Crippen LogP contribution in [0.2, 0.25) is 0 Å². The summed E-state index contributed by atoms with van der Waals surface area (Å²) >= 11 is 1.95. The first-order valence-corrected chi connectivity index (χ1v) is 7.57. The molecule has 1 aromatic rings. The Balaban J connectivity index is 1.86. The zero-order valence-electron chi connectivity index (χ0n) is 11.1. The summed E-state index contributed by atoms with van der Waals surface area (Å²) < 4.78 is 0.637. The van der Waals surface area contributed by atoms with Crippen LogP contribution in [0.25, 0.3) is 0 Å². The lowest BCUT2D eigenvalue weighted by Crippen LogP contribution is -2.35. The number of benzene rings is 1. The fraction of sp³-hybridized carbons (Fsp3) is 0.385. The lowest BCUT2D eigenvalue weighted by Gasteiger charge is -2.08. The molecular weight excluding hydrogens is 389 g/mol. The van der Waals surface area contributed by atoms with Crippen molar-refractivity contribution in [3.05, 3.63) is 37.4 Å². The lowest BCUT2D eigenvalue weighted by molar-refractivity contribution is -0.384. The van der Waals surface area contributed by atoms with Gasteiger partial charge in [0.2, 0.25) is 5.91 Å². The topological polar surface area (TPSA) is 101 Å². The number of carbonyl (C=O) groups excluding carboxylic acids is 2. The highest BCUT2D eigenvalue weighted by Gasteiger charge is 2.29. The largest absolute Gasteiger partial charge is 0.354 e. The second kappa shape index (κ2) is 6.83. The first-order chi connectivity index (χ1) is 9.99. The maximum absolute atomic E-state index is 12.0. The number of non-ortho nitro benzene ring substituents is 1. The molecule has 2 rings (SSSR count). The van der Waals surface area contributed by atoms with Gasteiger partial charge in [0.25, 0.3) is 11.6 Å². The van der Waals surface area contributed by atoms with Crippen molar-refractivity contribution in [2.45, 2.75) is 12.8 Å². The van der Waals surface area contributed by atoms with Crippen molar-refractivity contribution < 1.29 is 14.5 Å². The molecular formula is C13H14IN3O4. The van der Waals surface area contributed by atoms with Crippen molar-refractivity contribution in [1.82, 2.24) is 10.6 Å². The van der Waals surface area contributed by atoms with Crippen LogP contribution in [0, 0.1) is 19.6 Å². The summed E-state index contributed by atoms with van der Waals surface area (Å²) in [6.45, 7) is 0.642. The zero-order valence-corrected chi connectivity index (χ0v) is 13.3. The third kappa shape index (κ3) is 4.38. The van der Waals surface area contributed by atoms with Crippen molar-refractivity contribution >= 4 is 40.1 Å². The minimum atomic E-state index is -0.539. The van der Waals surface area contributed by atoms with Crippen LogP contribution in [0.3, 0.4) is 0 Å². The fourth-order valence-corrected chi connectivity index (χ4v) is 2.33. The predicted molar refractivity (Wildman–Crippen MR) is 83.9 cm³/mol. The van der Waals surface area contributed by atoms with Gasteiger partial charge >= 0.3 is 0 Å². The van der Waals surface area contributed by atoms with Gasteiger partial charge in [-0.15, -0.1) is 0 Å². The minimum Gasteiger partial charge on any atom is -0.354 e. The molecule has 8 heteroatoms. The second-order valence-electron chi connectivity index (χ2n) is 4.74. The molecule has 0 radical (unpaired) electrons. The third-order valence-electron chi connectivity index (χ3n) is 3.06. The number of carbonyl (C=O) groups is 2. The van der Waals surface area contributed by atoms with Gasteiger partial charge in [0, 0.05) is 34.7 Å². The Morgan fingerprint density at radius 1 is 1.29 bits per heavy atom. The molecule has 1 fully saturated rings. The maximum atomic E-state index is 12.0. The molecule has 2 N–H and O–H groups in total. The monoisotopic (exact) mass is 403 g/mol. The Hall–Kier alpha value is -1.71. The number of nitrogens with zero attached hydrogens (tertiary/aromatic N) is 1. The van der Waals surface area contributed by atoms with Gasteiger partial charge < -0.3 is 10.6 Å². The van der Waals surface area contributed by atoms with E-state index in [0.717, 1.165) is 12.8 Å². The van der Waals surface area contributed by atoms with Crippen molar-refractivity contribution in [2.24, 2.45) is 5.92 Å². The minimum absolute atomic E-state index is 0.0224. The number of rotatable bonds is 6. The summed E-state index contributed by atoms with van der Waals surface area (Å²) in [7, 11) is 0. The molecule has 0 saturated heterocycles. The number of hydrogen-bond acceptors (Lipinski definition) is 4. The van der Waals surface area contributed by atoms with E-state index in [4.69, 9.17) is 0 Å². The number of nitro groups is 1. The quantitative estimate of drug-likeness (QED) is 0.325. The highest BCUT2D eigenvalue weighted by Crippen LogP contribution is 2.28. The van der Waals surface area contributed by atoms with E-state index in [9.17, 15) is 19.7 Å². The van der Waals surface area contributed by atoms with E-state index >= 15 is 0 Å². The smallest absolute Gasteiger partial charge is 0.270 e. The summed E-state index contributed by atoms with van der Waals surface area (Å²) in [5, 5.41) is 16.1. The Labute approximate surface area is 134 Å². The molecule has 0 unspecified atom stereocenters. The van der Waals surface area contributed by atoms with E-state index in [2.05, 4.69) is 10.6 Å². The van der Waals surface area contributed by atoms with Gasteiger partial charge in [-0.2, -0.15) is 0 Å². The molecule has 1 aromatic carbocycles. The Morgan fingerprint density at radius 3 is 2.57 bits per heavy atom. The first kappa shape index (κ1) is 15.7. The van der Waals surface area contributed by atoms with E-state index in [1.165, 1.54) is 18.2 Å². The molecule has 21 heavy (non-hydrogen) atoms. The Bertz CT molecular complexity index is 587. The Kier molecular flexibility index (Phi) is 5.10. The standard InChI is InChI=1S/C13H14IN3O4/c14-11-4-3-9(17(20)21)7-10(11)13(19)16-6-5-15-12(18)8-1-2-8/h3-4,7-8H,1-2,5-6H2,(H,15,18)(H,16,19). The van der Waals surface area contributed by atoms with Crippen molar-refractivity contribution in [1.29, 1.82) is 0 Å². The van der Waals surface area contributed by atoms with Gasteiger partial charge in [0.1, 0.15) is 0 Å². The van der Waals surface area contributed by atoms with Crippen LogP contribution in [-0.2, 0) is 4.79 Å². The van der Waals surface area contributed by atoms with Gasteiger partial charge in [-0.05, 0) is 41.5 Å². The normalized spacial score (nSPS) is 13.6. The molecule has 1 aliphatic rings. The number of nitro benzene ring substituents is 1. The molecule has 0 heterocycles. The van der Waals surface area contributed by atoms with Crippen LogP contribution in [-0.4, -0.2) is 29.8 Å². The van der Waals surface area contributed by atoms with E-state index in [1.807, 2.05) is 22.6 Å². The summed E-state index contributed by atoms with van der Waals surface area (Å²) in [4.78, 5) is 33.6. The highest BCUT2D eigenvalue weighted by atomic mass is 127. The highest BCUT2D eigenvalue weighted by molar-refractivity contribution is 14.1. The van der Waals surface area contributed by atoms with Gasteiger partial charge in [-0.25, -0.2) is 0 Å². The van der Waals surface area contributed by atoms with Crippen molar-refractivity contribution in [2.75, 3.05) is 13.1 Å². The predicted octanol–water partition coefficient (Wildman–Crippen LogP) is 1.46. The number of nitrogens with one attached hydrogen (secondary N) is 2. The molecule has 2 amide bonds. The third-order valence-corrected chi connectivity index (χ3v) is 4.00. The molecule has 7 nitrogen and oxygen atoms in total. The van der Waals surface area contributed by atoms with Gasteiger partial charge in [0.15, 0.2) is 0 Å². The van der Waals surface area contributed by atoms with Crippen LogP contribution < -0.4 is 10.6 Å². The van der Waals surface area contributed by atoms with Gasteiger partial charge in [-0.1, -0.05) is 0 Å². The van der Waals surface area contributed by atoms with Crippen LogP contribution in [0.5, 0.6) is 0 Å². The fourth-order valence-electron chi connectivity index (χ4n) is 1.75. The van der Waals surface area contributed by atoms with E-state index < -0.39 is 4.92 Å². The number of halogens is 1. The van der Waals surface area contributed by atoms with Gasteiger partial charge in [0.05, 0.1) is 10.5 Å². The number of amides is 2. The average molecular weight is 403 g/mol. The molecule has 112 valence electrons. The van der Waals surface area contributed by atoms with Crippen LogP contribution >= 0.6 is 22.6 Å². The second-order valence-corrected chi connectivity index (χ2v) is 5.90. The lowest BCUT2D eigenvalue weighted by atomic mass is 10.2. The maximum Gasteiger partial charge on any atom is 0.270 e. The molecule has 0 aliphatic heterocycles. The zero-order chi connectivity index (χ0) is 15.4. The molecule has 0 bridgehead atoms. The van der Waals surface area contributed by atoms with Crippen LogP contribution in [0.1, 0.15) is 23.2 Å². The first-order valence-electron chi connectivity index (χ1n) is 6.49. The van der Waals surface area contributed by atoms with Gasteiger partial charge in [-0.3, -0.25) is 19.7 Å². The summed E-state index contributed by atoms with van der Waals surface area (Å²) in [5.41, 5.74) is 0.140. The Morgan fingerprint density at radius 2 is 1.95 bits per heavy atom. The molecule has 0 atom stereocenters. The number of hydrogen-bond donors (Lipinski definition) is 2. The van der Waals surface area contributed by atoms with Crippen molar-refractivity contribution in [3.8, 4) is 0 Å². The van der Waals surface area contributed by atoms with E-state index in [1.54, 1.807) is 0 Å². The molecule has 0 aromatic heterocycles. The van der Waals surface area contributed by atoms with Crippen LogP contribution in [0.4, 0.5) is 5.69 Å². The van der Waals surface area contributed by atoms with Crippen molar-refractivity contribution in [3.63, 3.8) is 0 Å². The van der Waals surface area contributed by atoms with E-state index in [0.29, 0.717) is 10.1 Å². The summed E-state index contributed by atoms with van der Waals surface area (Å²) in [6, 6.07) is 4.14. The summed E-state index contributed by atoms with van der Waals surface area (Å²) in [5.74, 6) is -0.226. The average Bonchev–Trinajstić information content (AvgIpc) is 3.27.